The van der Waals surface area contributed by atoms with Crippen LogP contribution >= 0.6 is 0 Å². The molecule has 5 rings (SSSR count). The number of benzene rings is 2. The largest absolute Gasteiger partial charge is 0.355 e. The smallest absolute Gasteiger partial charge is 0.227 e. The zero-order valence-electron chi connectivity index (χ0n) is 18.2. The Kier molecular flexibility index (Phi) is 5.72. The fourth-order valence-electron chi connectivity index (χ4n) is 5.63. The number of piperidine rings is 1. The number of hydrogen-bond acceptors (Lipinski definition) is 3. The van der Waals surface area contributed by atoms with Gasteiger partial charge in [-0.05, 0) is 61.5 Å². The lowest BCUT2D eigenvalue weighted by Crippen LogP contribution is -2.47. The van der Waals surface area contributed by atoms with Gasteiger partial charge in [-0.2, -0.15) is 0 Å². The topological polar surface area (TPSA) is 61.4 Å². The molecule has 2 heterocycles. The number of nitrogens with zero attached hydrogens (tertiary/aromatic N) is 1. The first-order chi connectivity index (χ1) is 15.6. The van der Waals surface area contributed by atoms with Crippen LogP contribution < -0.4 is 10.6 Å². The second kappa shape index (κ2) is 8.66. The van der Waals surface area contributed by atoms with E-state index in [1.54, 1.807) is 0 Å². The molecule has 2 aromatic rings. The maximum Gasteiger partial charge on any atom is 0.227 e. The molecular formula is C26H30FN3O2. The number of amides is 2. The molecule has 2 saturated heterocycles. The standard InChI is InChI=1S/C26H30FN3O2/c27-20-8-6-19(7-9-20)23-17-29-25(32)26(23)10-13-30(14-11-26)15-12-28-24(31)22-16-21(22)18-4-2-1-3-5-18/h1-9,21-23H,10-17H2,(H,28,31)(H,29,32). The van der Waals surface area contributed by atoms with Crippen molar-refractivity contribution in [1.82, 2.24) is 15.5 Å². The van der Waals surface area contributed by atoms with Gasteiger partial charge < -0.3 is 15.5 Å². The molecule has 2 aromatic carbocycles. The fourth-order valence-corrected chi connectivity index (χ4v) is 5.63. The molecule has 0 aromatic heterocycles. The Morgan fingerprint density at radius 3 is 2.50 bits per heavy atom. The van der Waals surface area contributed by atoms with Crippen LogP contribution in [0.5, 0.6) is 0 Å². The van der Waals surface area contributed by atoms with Crippen LogP contribution in [0.25, 0.3) is 0 Å². The molecule has 0 radical (unpaired) electrons. The molecule has 1 aliphatic carbocycles. The maximum atomic E-state index is 13.4. The summed E-state index contributed by atoms with van der Waals surface area (Å²) in [6.07, 6.45) is 2.50. The number of rotatable bonds is 6. The molecule has 3 unspecified atom stereocenters. The quantitative estimate of drug-likeness (QED) is 0.733. The number of hydrogen-bond donors (Lipinski definition) is 2. The number of carbonyl (C=O) groups excluding carboxylic acids is 2. The minimum Gasteiger partial charge on any atom is -0.355 e. The second-order valence-corrected chi connectivity index (χ2v) is 9.46. The van der Waals surface area contributed by atoms with Crippen LogP contribution in [0.2, 0.25) is 0 Å². The molecule has 3 atom stereocenters. The van der Waals surface area contributed by atoms with Gasteiger partial charge in [-0.3, -0.25) is 9.59 Å². The highest BCUT2D eigenvalue weighted by Gasteiger charge is 2.52. The van der Waals surface area contributed by atoms with Crippen molar-refractivity contribution in [3.05, 3.63) is 71.5 Å². The molecule has 1 saturated carbocycles. The lowest BCUT2D eigenvalue weighted by molar-refractivity contribution is -0.130. The Morgan fingerprint density at radius 2 is 1.78 bits per heavy atom. The molecule has 5 nitrogen and oxygen atoms in total. The molecule has 3 fully saturated rings. The summed E-state index contributed by atoms with van der Waals surface area (Å²) in [5, 5.41) is 6.15. The Bertz CT molecular complexity index is 970. The Hall–Kier alpha value is -2.73. The van der Waals surface area contributed by atoms with Crippen molar-refractivity contribution in [2.24, 2.45) is 11.3 Å². The first kappa shape index (κ1) is 21.1. The van der Waals surface area contributed by atoms with Gasteiger partial charge in [-0.25, -0.2) is 4.39 Å². The predicted molar refractivity (Wildman–Crippen MR) is 121 cm³/mol. The third-order valence-corrected chi connectivity index (χ3v) is 7.69. The van der Waals surface area contributed by atoms with Crippen molar-refractivity contribution >= 4 is 11.8 Å². The fraction of sp³-hybridized carbons (Fsp3) is 0.462. The number of carbonyl (C=O) groups is 2. The van der Waals surface area contributed by atoms with Crippen LogP contribution in [0, 0.1) is 17.2 Å². The summed E-state index contributed by atoms with van der Waals surface area (Å²) in [6.45, 7) is 3.71. The Labute approximate surface area is 188 Å². The number of likely N-dealkylation sites (tertiary alicyclic amines) is 1. The first-order valence-corrected chi connectivity index (χ1v) is 11.7. The molecule has 1 spiro atoms. The average Bonchev–Trinajstić information content (AvgIpc) is 3.57. The van der Waals surface area contributed by atoms with E-state index in [-0.39, 0.29) is 29.5 Å². The van der Waals surface area contributed by atoms with Gasteiger partial charge in [0.25, 0.3) is 0 Å². The molecule has 2 N–H and O–H groups in total. The summed E-state index contributed by atoms with van der Waals surface area (Å²) in [7, 11) is 0. The van der Waals surface area contributed by atoms with Gasteiger partial charge in [-0.1, -0.05) is 42.5 Å². The normalized spacial score (nSPS) is 26.7. The summed E-state index contributed by atoms with van der Waals surface area (Å²) in [5.74, 6) is 0.566. The molecule has 0 bridgehead atoms. The molecule has 32 heavy (non-hydrogen) atoms. The zero-order chi connectivity index (χ0) is 22.1. The Balaban J connectivity index is 1.10. The van der Waals surface area contributed by atoms with Crippen LogP contribution in [0.3, 0.4) is 0 Å². The summed E-state index contributed by atoms with van der Waals surface area (Å²) in [5.41, 5.74) is 1.87. The van der Waals surface area contributed by atoms with E-state index in [0.717, 1.165) is 44.5 Å². The van der Waals surface area contributed by atoms with Crippen LogP contribution in [0.4, 0.5) is 4.39 Å². The highest BCUT2D eigenvalue weighted by molar-refractivity contribution is 5.86. The summed E-state index contributed by atoms with van der Waals surface area (Å²) < 4.78 is 13.4. The minimum absolute atomic E-state index is 0.0854. The summed E-state index contributed by atoms with van der Waals surface area (Å²) >= 11 is 0. The third-order valence-electron chi connectivity index (χ3n) is 7.69. The summed E-state index contributed by atoms with van der Waals surface area (Å²) in [4.78, 5) is 27.6. The highest BCUT2D eigenvalue weighted by Crippen LogP contribution is 2.48. The third kappa shape index (κ3) is 4.04. The molecule has 3 aliphatic rings. The van der Waals surface area contributed by atoms with E-state index in [0.29, 0.717) is 19.0 Å². The summed E-state index contributed by atoms with van der Waals surface area (Å²) in [6, 6.07) is 16.8. The average molecular weight is 436 g/mol. The van der Waals surface area contributed by atoms with Gasteiger partial charge in [0.05, 0.1) is 5.41 Å². The van der Waals surface area contributed by atoms with Crippen molar-refractivity contribution in [2.75, 3.05) is 32.7 Å². The van der Waals surface area contributed by atoms with Crippen molar-refractivity contribution < 1.29 is 14.0 Å². The highest BCUT2D eigenvalue weighted by atomic mass is 19.1. The van der Waals surface area contributed by atoms with E-state index < -0.39 is 5.41 Å². The van der Waals surface area contributed by atoms with Gasteiger partial charge in [0.1, 0.15) is 5.82 Å². The van der Waals surface area contributed by atoms with Gasteiger partial charge in [-0.15, -0.1) is 0 Å². The monoisotopic (exact) mass is 435 g/mol. The maximum absolute atomic E-state index is 13.4. The van der Waals surface area contributed by atoms with E-state index in [1.165, 1.54) is 17.7 Å². The van der Waals surface area contributed by atoms with Crippen molar-refractivity contribution in [3.8, 4) is 0 Å². The lowest BCUT2D eigenvalue weighted by atomic mass is 9.68. The van der Waals surface area contributed by atoms with Gasteiger partial charge >= 0.3 is 0 Å². The second-order valence-electron chi connectivity index (χ2n) is 9.46. The minimum atomic E-state index is -0.408. The molecule has 2 aliphatic heterocycles. The molecule has 2 amide bonds. The van der Waals surface area contributed by atoms with E-state index in [2.05, 4.69) is 27.7 Å². The lowest BCUT2D eigenvalue weighted by Gasteiger charge is -2.41. The first-order valence-electron chi connectivity index (χ1n) is 11.7. The van der Waals surface area contributed by atoms with Crippen molar-refractivity contribution in [2.45, 2.75) is 31.1 Å². The van der Waals surface area contributed by atoms with Crippen LogP contribution in [-0.2, 0) is 9.59 Å². The zero-order valence-corrected chi connectivity index (χ0v) is 18.2. The van der Waals surface area contributed by atoms with Gasteiger partial charge in [0.2, 0.25) is 11.8 Å². The Morgan fingerprint density at radius 1 is 1.06 bits per heavy atom. The van der Waals surface area contributed by atoms with E-state index >= 15 is 0 Å². The van der Waals surface area contributed by atoms with E-state index in [1.807, 2.05) is 30.3 Å². The van der Waals surface area contributed by atoms with Crippen molar-refractivity contribution in [3.63, 3.8) is 0 Å². The van der Waals surface area contributed by atoms with Crippen LogP contribution in [-0.4, -0.2) is 49.4 Å². The SMILES string of the molecule is O=C(NCCN1CCC2(CC1)C(=O)NCC2c1ccc(F)cc1)C1CC1c1ccccc1. The van der Waals surface area contributed by atoms with Gasteiger partial charge in [0, 0.05) is 31.5 Å². The van der Waals surface area contributed by atoms with Crippen LogP contribution in [0.1, 0.15) is 42.2 Å². The predicted octanol–water partition coefficient (Wildman–Crippen LogP) is 3.04. The van der Waals surface area contributed by atoms with E-state index in [4.69, 9.17) is 0 Å². The van der Waals surface area contributed by atoms with Gasteiger partial charge in [0.15, 0.2) is 0 Å². The molecule has 168 valence electrons. The van der Waals surface area contributed by atoms with Crippen LogP contribution in [0.15, 0.2) is 54.6 Å². The van der Waals surface area contributed by atoms with Crippen molar-refractivity contribution in [1.29, 1.82) is 0 Å². The van der Waals surface area contributed by atoms with E-state index in [9.17, 15) is 14.0 Å². The molecule has 6 heteroatoms. The number of nitrogens with one attached hydrogen (secondary N) is 2. The number of halogens is 1. The molecular weight excluding hydrogens is 405 g/mol.